The lowest BCUT2D eigenvalue weighted by Crippen LogP contribution is -2.45. The van der Waals surface area contributed by atoms with Crippen LogP contribution in [0.1, 0.15) is 24.1 Å². The third-order valence-corrected chi connectivity index (χ3v) is 3.41. The van der Waals surface area contributed by atoms with E-state index in [0.29, 0.717) is 6.54 Å². The van der Waals surface area contributed by atoms with Crippen molar-refractivity contribution in [2.24, 2.45) is 5.73 Å². The number of nitrogens with one attached hydrogen (secondary N) is 1. The Morgan fingerprint density at radius 3 is 2.84 bits per heavy atom. The summed E-state index contributed by atoms with van der Waals surface area (Å²) in [6.45, 7) is 2.26. The van der Waals surface area contributed by atoms with E-state index in [1.165, 1.54) is 0 Å². The van der Waals surface area contributed by atoms with Gasteiger partial charge in [-0.15, -0.1) is 0 Å². The van der Waals surface area contributed by atoms with E-state index in [9.17, 15) is 9.59 Å². The molecule has 102 valence electrons. The van der Waals surface area contributed by atoms with E-state index in [0.717, 1.165) is 17.5 Å². The average Bonchev–Trinajstić information content (AvgIpc) is 2.51. The molecule has 2 atom stereocenters. The molecule has 0 radical (unpaired) electrons. The van der Waals surface area contributed by atoms with Gasteiger partial charge in [-0.25, -0.2) is 0 Å². The minimum Gasteiger partial charge on any atom is -0.343 e. The Labute approximate surface area is 112 Å². The van der Waals surface area contributed by atoms with Crippen molar-refractivity contribution in [2.45, 2.75) is 25.4 Å². The first-order chi connectivity index (χ1) is 9.00. The van der Waals surface area contributed by atoms with Gasteiger partial charge in [0, 0.05) is 13.6 Å². The quantitative estimate of drug-likeness (QED) is 0.799. The van der Waals surface area contributed by atoms with Gasteiger partial charge in [0.2, 0.25) is 11.8 Å². The summed E-state index contributed by atoms with van der Waals surface area (Å²) in [7, 11) is 1.75. The molecule has 1 heterocycles. The second kappa shape index (κ2) is 5.40. The number of hydrogen-bond acceptors (Lipinski definition) is 3. The number of fused-ring (bicyclic) bond motifs is 1. The summed E-state index contributed by atoms with van der Waals surface area (Å²) in [4.78, 5) is 25.8. The Hall–Kier alpha value is -1.88. The molecule has 1 aliphatic rings. The molecule has 2 amide bonds. The first-order valence-electron chi connectivity index (χ1n) is 6.39. The van der Waals surface area contributed by atoms with Crippen LogP contribution in [0, 0.1) is 0 Å². The molecule has 0 fully saturated rings. The molecule has 1 aromatic carbocycles. The number of nitrogens with two attached hydrogens (primary N) is 1. The Balaban J connectivity index is 2.36. The highest BCUT2D eigenvalue weighted by atomic mass is 16.2. The van der Waals surface area contributed by atoms with E-state index in [2.05, 4.69) is 5.32 Å². The normalized spacial score (nSPS) is 20.5. The number of likely N-dealkylation sites (N-methyl/N-ethyl adjacent to an activating group) is 1. The van der Waals surface area contributed by atoms with Gasteiger partial charge < -0.3 is 16.0 Å². The van der Waals surface area contributed by atoms with Crippen LogP contribution < -0.4 is 11.1 Å². The van der Waals surface area contributed by atoms with E-state index >= 15 is 0 Å². The van der Waals surface area contributed by atoms with Crippen molar-refractivity contribution in [1.82, 2.24) is 10.2 Å². The number of benzene rings is 1. The number of amides is 2. The van der Waals surface area contributed by atoms with E-state index < -0.39 is 12.1 Å². The maximum absolute atomic E-state index is 12.3. The summed E-state index contributed by atoms with van der Waals surface area (Å²) in [6, 6.07) is 6.43. The molecule has 0 bridgehead atoms. The molecule has 1 aliphatic heterocycles. The van der Waals surface area contributed by atoms with Gasteiger partial charge in [0.05, 0.1) is 6.04 Å². The van der Waals surface area contributed by atoms with Crippen LogP contribution in [-0.4, -0.2) is 36.3 Å². The summed E-state index contributed by atoms with van der Waals surface area (Å²) in [5, 5.41) is 2.74. The molecular formula is C14H19N3O2. The zero-order valence-electron chi connectivity index (χ0n) is 11.2. The summed E-state index contributed by atoms with van der Waals surface area (Å²) >= 11 is 0. The monoisotopic (exact) mass is 261 g/mol. The lowest BCUT2D eigenvalue weighted by molar-refractivity contribution is -0.135. The van der Waals surface area contributed by atoms with Gasteiger partial charge in [0.25, 0.3) is 0 Å². The molecule has 0 saturated carbocycles. The maximum Gasteiger partial charge on any atom is 0.249 e. The molecule has 3 N–H and O–H groups in total. The van der Waals surface area contributed by atoms with Crippen molar-refractivity contribution in [1.29, 1.82) is 0 Å². The summed E-state index contributed by atoms with van der Waals surface area (Å²) in [5.41, 5.74) is 7.51. The number of carbonyl (C=O) groups is 2. The zero-order chi connectivity index (χ0) is 14.0. The van der Waals surface area contributed by atoms with Crippen molar-refractivity contribution < 1.29 is 9.59 Å². The molecule has 5 heteroatoms. The van der Waals surface area contributed by atoms with Crippen LogP contribution in [0.15, 0.2) is 24.3 Å². The van der Waals surface area contributed by atoms with Crippen molar-refractivity contribution in [3.05, 3.63) is 35.4 Å². The van der Waals surface area contributed by atoms with Crippen LogP contribution in [0.5, 0.6) is 0 Å². The van der Waals surface area contributed by atoms with E-state index in [1.54, 1.807) is 18.9 Å². The molecule has 0 aromatic heterocycles. The lowest BCUT2D eigenvalue weighted by atomic mass is 9.99. The molecule has 2 unspecified atom stereocenters. The standard InChI is InChI=1S/C14H19N3O2/c1-9(15)13(18)16-12-11-6-4-3-5-10(11)7-8-17(2)14(12)19/h3-6,9,12H,7-8,15H2,1-2H3,(H,16,18). The molecule has 0 aliphatic carbocycles. The van der Waals surface area contributed by atoms with Gasteiger partial charge in [-0.1, -0.05) is 24.3 Å². The van der Waals surface area contributed by atoms with Crippen LogP contribution in [0.2, 0.25) is 0 Å². The fraction of sp³-hybridized carbons (Fsp3) is 0.429. The number of rotatable bonds is 2. The van der Waals surface area contributed by atoms with Crippen LogP contribution in [-0.2, 0) is 16.0 Å². The van der Waals surface area contributed by atoms with Crippen molar-refractivity contribution in [2.75, 3.05) is 13.6 Å². The first-order valence-corrected chi connectivity index (χ1v) is 6.39. The third-order valence-electron chi connectivity index (χ3n) is 3.41. The van der Waals surface area contributed by atoms with Gasteiger partial charge in [0.1, 0.15) is 6.04 Å². The second-order valence-corrected chi connectivity index (χ2v) is 4.94. The predicted molar refractivity (Wildman–Crippen MR) is 72.3 cm³/mol. The average molecular weight is 261 g/mol. The topological polar surface area (TPSA) is 75.4 Å². The third kappa shape index (κ3) is 2.76. The van der Waals surface area contributed by atoms with Gasteiger partial charge in [-0.3, -0.25) is 9.59 Å². The second-order valence-electron chi connectivity index (χ2n) is 4.94. The summed E-state index contributed by atoms with van der Waals surface area (Å²) < 4.78 is 0. The van der Waals surface area contributed by atoms with Crippen LogP contribution >= 0.6 is 0 Å². The van der Waals surface area contributed by atoms with Gasteiger partial charge in [-0.2, -0.15) is 0 Å². The fourth-order valence-electron chi connectivity index (χ4n) is 2.21. The van der Waals surface area contributed by atoms with Crippen LogP contribution in [0.25, 0.3) is 0 Å². The molecule has 2 rings (SSSR count). The predicted octanol–water partition coefficient (Wildman–Crippen LogP) is 0.206. The minimum atomic E-state index is -0.637. The lowest BCUT2D eigenvalue weighted by Gasteiger charge is -2.22. The van der Waals surface area contributed by atoms with Crippen LogP contribution in [0.4, 0.5) is 0 Å². The zero-order valence-corrected chi connectivity index (χ0v) is 11.2. The molecule has 1 aromatic rings. The van der Waals surface area contributed by atoms with Gasteiger partial charge in [-0.05, 0) is 24.5 Å². The Kier molecular flexibility index (Phi) is 3.85. The van der Waals surface area contributed by atoms with Crippen molar-refractivity contribution in [3.8, 4) is 0 Å². The van der Waals surface area contributed by atoms with E-state index in [-0.39, 0.29) is 11.8 Å². The Morgan fingerprint density at radius 2 is 2.16 bits per heavy atom. The van der Waals surface area contributed by atoms with Crippen molar-refractivity contribution >= 4 is 11.8 Å². The smallest absolute Gasteiger partial charge is 0.249 e. The minimum absolute atomic E-state index is 0.0982. The Bertz CT molecular complexity index is 499. The molecule has 0 spiro atoms. The van der Waals surface area contributed by atoms with Gasteiger partial charge in [0.15, 0.2) is 0 Å². The summed E-state index contributed by atoms with van der Waals surface area (Å²) in [6.07, 6.45) is 0.795. The SMILES string of the molecule is CC(N)C(=O)NC1C(=O)N(C)CCc2ccccc21. The highest BCUT2D eigenvalue weighted by Crippen LogP contribution is 2.24. The maximum atomic E-state index is 12.3. The highest BCUT2D eigenvalue weighted by molar-refractivity contribution is 5.90. The first kappa shape index (κ1) is 13.5. The Morgan fingerprint density at radius 1 is 1.47 bits per heavy atom. The summed E-state index contributed by atoms with van der Waals surface area (Å²) in [5.74, 6) is -0.414. The van der Waals surface area contributed by atoms with Crippen molar-refractivity contribution in [3.63, 3.8) is 0 Å². The van der Waals surface area contributed by atoms with Gasteiger partial charge >= 0.3 is 0 Å². The molecule has 5 nitrogen and oxygen atoms in total. The molecule has 0 saturated heterocycles. The largest absolute Gasteiger partial charge is 0.343 e. The number of carbonyl (C=O) groups excluding carboxylic acids is 2. The number of nitrogens with zero attached hydrogens (tertiary/aromatic N) is 1. The fourth-order valence-corrected chi connectivity index (χ4v) is 2.21. The van der Waals surface area contributed by atoms with E-state index in [1.807, 2.05) is 24.3 Å². The molecule has 19 heavy (non-hydrogen) atoms. The molecular weight excluding hydrogens is 242 g/mol. The van der Waals surface area contributed by atoms with E-state index in [4.69, 9.17) is 5.73 Å². The number of hydrogen-bond donors (Lipinski definition) is 2. The van der Waals surface area contributed by atoms with Crippen LogP contribution in [0.3, 0.4) is 0 Å². The highest BCUT2D eigenvalue weighted by Gasteiger charge is 2.30.